The summed E-state index contributed by atoms with van der Waals surface area (Å²) in [6, 6.07) is 9.54. The lowest BCUT2D eigenvalue weighted by molar-refractivity contribution is 1.42. The average molecular weight is 233 g/mol. The summed E-state index contributed by atoms with van der Waals surface area (Å²) in [6.45, 7) is 0. The minimum absolute atomic E-state index is 0.477. The molecule has 4 heteroatoms. The topological polar surface area (TPSA) is 72.6 Å². The van der Waals surface area contributed by atoms with Gasteiger partial charge in [-0.2, -0.15) is 0 Å². The van der Waals surface area contributed by atoms with Crippen LogP contribution in [0, 0.1) is 11.8 Å². The van der Waals surface area contributed by atoms with Crippen molar-refractivity contribution in [2.24, 2.45) is 5.11 Å². The molecule has 1 aliphatic rings. The van der Waals surface area contributed by atoms with Crippen LogP contribution in [0.3, 0.4) is 0 Å². The number of fused-ring (bicyclic) bond motifs is 2. The van der Waals surface area contributed by atoms with Gasteiger partial charge in [-0.15, -0.1) is 0 Å². The van der Waals surface area contributed by atoms with Crippen LogP contribution in [-0.2, 0) is 0 Å². The Morgan fingerprint density at radius 1 is 1.28 bits per heavy atom. The number of azide groups is 1. The lowest BCUT2D eigenvalue weighted by Gasteiger charge is -2.07. The molecule has 0 saturated heterocycles. The van der Waals surface area contributed by atoms with Crippen molar-refractivity contribution in [1.82, 2.24) is 0 Å². The van der Waals surface area contributed by atoms with Crippen LogP contribution in [0.2, 0.25) is 0 Å². The first kappa shape index (κ1) is 10.4. The Balaban J connectivity index is 2.36. The van der Waals surface area contributed by atoms with E-state index in [1.54, 1.807) is 12.1 Å². The Labute approximate surface area is 104 Å². The lowest BCUT2D eigenvalue weighted by Crippen LogP contribution is -2.04. The standard InChI is InChI=1S/C14H9N4/c15-13-5-1-3-9-7-10-4-2-6-14(17-18-16)12(10)8-11(9)13/h1-8,15H/q+1. The third-order valence-corrected chi connectivity index (χ3v) is 3.01. The highest BCUT2D eigenvalue weighted by Gasteiger charge is 2.19. The first-order valence-electron chi connectivity index (χ1n) is 5.52. The molecule has 0 saturated carbocycles. The van der Waals surface area contributed by atoms with E-state index in [-0.39, 0.29) is 0 Å². The quantitative estimate of drug-likeness (QED) is 0.330. The van der Waals surface area contributed by atoms with Gasteiger partial charge >= 0.3 is 0 Å². The average Bonchev–Trinajstić information content (AvgIpc) is 2.38. The van der Waals surface area contributed by atoms with E-state index in [9.17, 15) is 0 Å². The van der Waals surface area contributed by atoms with Gasteiger partial charge in [-0.1, -0.05) is 17.2 Å². The second kappa shape index (κ2) is 3.95. The first-order valence-corrected chi connectivity index (χ1v) is 5.52. The third kappa shape index (κ3) is 1.52. The third-order valence-electron chi connectivity index (χ3n) is 3.01. The van der Waals surface area contributed by atoms with Crippen LogP contribution in [0.1, 0.15) is 11.1 Å². The summed E-state index contributed by atoms with van der Waals surface area (Å²) in [5.74, 6) is 0. The summed E-state index contributed by atoms with van der Waals surface area (Å²) < 4.78 is 0. The fourth-order valence-corrected chi connectivity index (χ4v) is 2.17. The maximum Gasteiger partial charge on any atom is 0.146 e. The van der Waals surface area contributed by atoms with E-state index in [1.807, 2.05) is 36.8 Å². The van der Waals surface area contributed by atoms with Crippen molar-refractivity contribution in [3.63, 3.8) is 0 Å². The molecule has 0 bridgehead atoms. The van der Waals surface area contributed by atoms with E-state index < -0.39 is 0 Å². The van der Waals surface area contributed by atoms with Crippen molar-refractivity contribution in [3.05, 3.63) is 70.5 Å². The normalized spacial score (nSPS) is 12.8. The minimum atomic E-state index is 0.477. The zero-order valence-corrected chi connectivity index (χ0v) is 9.46. The highest BCUT2D eigenvalue weighted by Crippen LogP contribution is 2.31. The molecule has 0 heterocycles. The van der Waals surface area contributed by atoms with Crippen molar-refractivity contribution >= 4 is 22.2 Å². The molecule has 0 fully saturated rings. The van der Waals surface area contributed by atoms with Crippen molar-refractivity contribution in [1.29, 1.82) is 5.41 Å². The van der Waals surface area contributed by atoms with E-state index in [0.717, 1.165) is 21.9 Å². The smallest absolute Gasteiger partial charge is 0.146 e. The van der Waals surface area contributed by atoms with E-state index in [4.69, 9.17) is 10.9 Å². The second-order valence-electron chi connectivity index (χ2n) is 4.07. The maximum atomic E-state index is 8.57. The highest BCUT2D eigenvalue weighted by atomic mass is 15.1. The molecule has 2 aromatic carbocycles. The molecule has 0 radical (unpaired) electrons. The van der Waals surface area contributed by atoms with Crippen LogP contribution in [0.5, 0.6) is 0 Å². The van der Waals surface area contributed by atoms with Gasteiger partial charge in [0.1, 0.15) is 11.3 Å². The minimum Gasteiger partial charge on any atom is -0.281 e. The van der Waals surface area contributed by atoms with Gasteiger partial charge in [0.25, 0.3) is 0 Å². The summed E-state index contributed by atoms with van der Waals surface area (Å²) in [6.07, 6.45) is 5.60. The molecule has 0 aromatic heterocycles. The Kier molecular flexibility index (Phi) is 2.29. The lowest BCUT2D eigenvalue weighted by atomic mass is 9.92. The molecule has 0 spiro atoms. The SMILES string of the molecule is [N-]=[N+]=Nc1cccc2cc3c(cc12)C(=N)C=C[CH+]3. The molecule has 18 heavy (non-hydrogen) atoms. The predicted octanol–water partition coefficient (Wildman–Crippen LogP) is 4.27. The fourth-order valence-electron chi connectivity index (χ4n) is 2.17. The van der Waals surface area contributed by atoms with Gasteiger partial charge in [0.15, 0.2) is 0 Å². The molecule has 0 unspecified atom stereocenters. The van der Waals surface area contributed by atoms with E-state index >= 15 is 0 Å². The Morgan fingerprint density at radius 2 is 2.17 bits per heavy atom. The number of nitrogens with zero attached hydrogens (tertiary/aromatic N) is 3. The number of hydrogen-bond donors (Lipinski definition) is 1. The van der Waals surface area contributed by atoms with E-state index in [2.05, 4.69) is 10.0 Å². The molecular weight excluding hydrogens is 224 g/mol. The molecule has 1 aliphatic carbocycles. The number of rotatable bonds is 1. The van der Waals surface area contributed by atoms with E-state index in [1.165, 1.54) is 0 Å². The molecule has 0 amide bonds. The molecule has 0 atom stereocenters. The van der Waals surface area contributed by atoms with Gasteiger partial charge in [0.2, 0.25) is 0 Å². The van der Waals surface area contributed by atoms with E-state index in [0.29, 0.717) is 11.4 Å². The van der Waals surface area contributed by atoms with Gasteiger partial charge in [-0.25, -0.2) is 0 Å². The van der Waals surface area contributed by atoms with Crippen molar-refractivity contribution in [3.8, 4) is 0 Å². The highest BCUT2D eigenvalue weighted by molar-refractivity contribution is 6.12. The van der Waals surface area contributed by atoms with Gasteiger partial charge in [-0.3, -0.25) is 5.41 Å². The van der Waals surface area contributed by atoms with Gasteiger partial charge in [-0.05, 0) is 11.6 Å². The summed E-state index contributed by atoms with van der Waals surface area (Å²) >= 11 is 0. The molecule has 3 rings (SSSR count). The molecule has 0 aliphatic heterocycles. The largest absolute Gasteiger partial charge is 0.281 e. The first-order chi connectivity index (χ1) is 8.79. The van der Waals surface area contributed by atoms with Crippen LogP contribution in [0.15, 0.2) is 47.6 Å². The van der Waals surface area contributed by atoms with Crippen molar-refractivity contribution in [2.45, 2.75) is 0 Å². The Bertz CT molecular complexity index is 737. The number of benzene rings is 2. The molecule has 1 N–H and O–H groups in total. The monoisotopic (exact) mass is 233 g/mol. The number of hydrogen-bond acceptors (Lipinski definition) is 2. The predicted molar refractivity (Wildman–Crippen MR) is 72.1 cm³/mol. The molecule has 84 valence electrons. The Morgan fingerprint density at radius 3 is 3.00 bits per heavy atom. The van der Waals surface area contributed by atoms with Crippen LogP contribution >= 0.6 is 0 Å². The van der Waals surface area contributed by atoms with Gasteiger partial charge in [0, 0.05) is 52.1 Å². The van der Waals surface area contributed by atoms with Gasteiger partial charge < -0.3 is 0 Å². The van der Waals surface area contributed by atoms with Crippen LogP contribution in [0.25, 0.3) is 21.2 Å². The number of nitrogens with one attached hydrogen (secondary N) is 1. The summed E-state index contributed by atoms with van der Waals surface area (Å²) in [7, 11) is 0. The van der Waals surface area contributed by atoms with Crippen LogP contribution < -0.4 is 0 Å². The molecular formula is C14H9N4+. The van der Waals surface area contributed by atoms with Crippen LogP contribution in [-0.4, -0.2) is 5.71 Å². The summed E-state index contributed by atoms with van der Waals surface area (Å²) in [5.41, 5.74) is 11.5. The summed E-state index contributed by atoms with van der Waals surface area (Å²) in [4.78, 5) is 2.84. The number of allylic oxidation sites excluding steroid dienone is 2. The zero-order chi connectivity index (χ0) is 12.5. The summed E-state index contributed by atoms with van der Waals surface area (Å²) in [5, 5.41) is 13.5. The van der Waals surface area contributed by atoms with Crippen molar-refractivity contribution < 1.29 is 0 Å². The zero-order valence-electron chi connectivity index (χ0n) is 9.46. The maximum absolute atomic E-state index is 8.57. The fraction of sp³-hybridized carbons (Fsp3) is 0. The molecule has 4 nitrogen and oxygen atoms in total. The van der Waals surface area contributed by atoms with Crippen LogP contribution in [0.4, 0.5) is 5.69 Å². The Hall–Kier alpha value is -2.71. The molecule has 2 aromatic rings. The second-order valence-corrected chi connectivity index (χ2v) is 4.07. The van der Waals surface area contributed by atoms with Crippen molar-refractivity contribution in [2.75, 3.05) is 0 Å². The van der Waals surface area contributed by atoms with Gasteiger partial charge in [0.05, 0.1) is 5.56 Å².